The Labute approximate surface area is 243 Å². The third-order valence-corrected chi connectivity index (χ3v) is 9.51. The van der Waals surface area contributed by atoms with Crippen molar-refractivity contribution in [3.63, 3.8) is 0 Å². The molecule has 9 heteroatoms. The topological polar surface area (TPSA) is 63.7 Å². The van der Waals surface area contributed by atoms with Crippen molar-refractivity contribution in [2.75, 3.05) is 21.3 Å². The second kappa shape index (κ2) is 12.1. The molecule has 1 aliphatic rings. The summed E-state index contributed by atoms with van der Waals surface area (Å²) >= 11 is 7.93. The van der Waals surface area contributed by atoms with Crippen LogP contribution < -0.4 is 14.8 Å². The summed E-state index contributed by atoms with van der Waals surface area (Å²) in [5, 5.41) is 4.29. The predicted octanol–water partition coefficient (Wildman–Crippen LogP) is 7.25. The fourth-order valence-electron chi connectivity index (χ4n) is 5.63. The largest absolute Gasteiger partial charge is 0.496 e. The van der Waals surface area contributed by atoms with Crippen LogP contribution in [0.1, 0.15) is 46.5 Å². The highest BCUT2D eigenvalue weighted by Crippen LogP contribution is 2.41. The lowest BCUT2D eigenvalue weighted by Gasteiger charge is -2.37. The number of carbonyl (C=O) groups is 1. The van der Waals surface area contributed by atoms with Crippen molar-refractivity contribution in [1.29, 1.82) is 0 Å². The smallest absolute Gasteiger partial charge is 0.266 e. The van der Waals surface area contributed by atoms with E-state index < -0.39 is 0 Å². The molecule has 4 aromatic rings. The van der Waals surface area contributed by atoms with Crippen molar-refractivity contribution < 1.29 is 18.7 Å². The summed E-state index contributed by atoms with van der Waals surface area (Å²) in [6, 6.07) is 13.3. The van der Waals surface area contributed by atoms with Crippen LogP contribution in [0.4, 0.5) is 4.39 Å². The van der Waals surface area contributed by atoms with E-state index in [1.165, 1.54) is 6.07 Å². The number of thiophene rings is 1. The zero-order valence-electron chi connectivity index (χ0n) is 23.1. The number of hydrogen-bond donors (Lipinski definition) is 1. The van der Waals surface area contributed by atoms with Gasteiger partial charge in [-0.3, -0.25) is 4.79 Å². The molecule has 0 aliphatic heterocycles. The van der Waals surface area contributed by atoms with E-state index >= 15 is 0 Å². The van der Waals surface area contributed by atoms with Crippen molar-refractivity contribution in [2.24, 2.45) is 0 Å². The summed E-state index contributed by atoms with van der Waals surface area (Å²) in [5.74, 6) is 0.640. The lowest BCUT2D eigenvalue weighted by Crippen LogP contribution is -2.44. The van der Waals surface area contributed by atoms with Gasteiger partial charge in [-0.15, -0.1) is 11.3 Å². The molecule has 5 rings (SSSR count). The zero-order chi connectivity index (χ0) is 28.4. The van der Waals surface area contributed by atoms with Crippen molar-refractivity contribution in [1.82, 2.24) is 15.2 Å². The minimum absolute atomic E-state index is 0.00520. The van der Waals surface area contributed by atoms with Crippen molar-refractivity contribution in [2.45, 2.75) is 51.2 Å². The number of carbonyl (C=O) groups excluding carboxylic acids is 1. The van der Waals surface area contributed by atoms with Crippen molar-refractivity contribution in [3.8, 4) is 22.8 Å². The van der Waals surface area contributed by atoms with Gasteiger partial charge >= 0.3 is 0 Å². The number of fused-ring (bicyclic) bond motifs is 1. The Hall–Kier alpha value is -3.20. The summed E-state index contributed by atoms with van der Waals surface area (Å²) in [6.07, 6.45) is 5.32. The Morgan fingerprint density at radius 1 is 1.15 bits per heavy atom. The highest BCUT2D eigenvalue weighted by Gasteiger charge is 2.33. The number of rotatable bonds is 8. The first-order chi connectivity index (χ1) is 19.4. The molecule has 1 saturated carbocycles. The van der Waals surface area contributed by atoms with Gasteiger partial charge in [-0.2, -0.15) is 0 Å². The van der Waals surface area contributed by atoms with E-state index in [-0.39, 0.29) is 17.8 Å². The van der Waals surface area contributed by atoms with E-state index in [0.717, 1.165) is 59.3 Å². The number of nitrogens with one attached hydrogen (secondary N) is 1. The van der Waals surface area contributed by atoms with Crippen LogP contribution in [0.15, 0.2) is 48.7 Å². The van der Waals surface area contributed by atoms with Gasteiger partial charge in [0.15, 0.2) is 0 Å². The molecule has 1 N–H and O–H groups in total. The number of aromatic nitrogens is 1. The fourth-order valence-corrected chi connectivity index (χ4v) is 7.25. The van der Waals surface area contributed by atoms with Crippen LogP contribution in [0.3, 0.4) is 0 Å². The van der Waals surface area contributed by atoms with Gasteiger partial charge in [-0.25, -0.2) is 9.37 Å². The number of aryl methyl sites for hydroxylation is 1. The van der Waals surface area contributed by atoms with E-state index in [1.807, 2.05) is 49.2 Å². The van der Waals surface area contributed by atoms with Gasteiger partial charge in [0.2, 0.25) is 5.88 Å². The van der Waals surface area contributed by atoms with Gasteiger partial charge in [0.05, 0.1) is 23.9 Å². The SMILES string of the molecule is CNC1CCC(N(Cc2cc(-c3cccnc3OC)ccc2OC)C(=O)c2sc3c(F)ccc(C)c3c2Cl)CC1. The van der Waals surface area contributed by atoms with Crippen molar-refractivity contribution >= 4 is 38.9 Å². The number of hydrogen-bond acceptors (Lipinski definition) is 6. The Morgan fingerprint density at radius 2 is 1.93 bits per heavy atom. The molecule has 40 heavy (non-hydrogen) atoms. The molecule has 0 spiro atoms. The molecule has 0 unspecified atom stereocenters. The van der Waals surface area contributed by atoms with E-state index in [9.17, 15) is 9.18 Å². The first-order valence-electron chi connectivity index (χ1n) is 13.4. The average Bonchev–Trinajstić information content (AvgIpc) is 3.35. The molecule has 0 saturated heterocycles. The zero-order valence-corrected chi connectivity index (χ0v) is 24.7. The van der Waals surface area contributed by atoms with Crippen LogP contribution >= 0.6 is 22.9 Å². The fraction of sp³-hybridized carbons (Fsp3) is 0.355. The molecule has 1 fully saturated rings. The predicted molar refractivity (Wildman–Crippen MR) is 159 cm³/mol. The van der Waals surface area contributed by atoms with E-state index in [2.05, 4.69) is 10.3 Å². The monoisotopic (exact) mass is 581 g/mol. The number of methoxy groups -OCH3 is 2. The lowest BCUT2D eigenvalue weighted by atomic mass is 9.89. The van der Waals surface area contributed by atoms with Gasteiger partial charge < -0.3 is 19.7 Å². The molecule has 210 valence electrons. The van der Waals surface area contributed by atoms with Crippen LogP contribution in [0.5, 0.6) is 11.6 Å². The summed E-state index contributed by atoms with van der Waals surface area (Å²) < 4.78 is 26.4. The standard InChI is InChI=1S/C31H33ClFN3O3S/c1-18-7-13-24(33)28-26(18)27(32)29(40-28)31(37)36(22-11-9-21(34-2)10-12-22)17-20-16-19(8-14-25(20)38-3)23-6-5-15-35-30(23)39-4/h5-8,13-16,21-22,34H,9-12,17H2,1-4H3. The normalized spacial score (nSPS) is 17.1. The molecule has 0 bridgehead atoms. The third kappa shape index (κ3) is 5.40. The minimum atomic E-state index is -0.368. The molecule has 0 radical (unpaired) electrons. The molecule has 2 heterocycles. The molecule has 1 amide bonds. The van der Waals surface area contributed by atoms with E-state index in [1.54, 1.807) is 26.5 Å². The van der Waals surface area contributed by atoms with Gasteiger partial charge in [0.1, 0.15) is 16.4 Å². The van der Waals surface area contributed by atoms with Crippen LogP contribution in [0.2, 0.25) is 5.02 Å². The Kier molecular flexibility index (Phi) is 8.59. The molecule has 2 aromatic carbocycles. The Morgan fingerprint density at radius 3 is 2.60 bits per heavy atom. The van der Waals surface area contributed by atoms with Crippen molar-refractivity contribution in [3.05, 3.63) is 75.5 Å². The molecule has 1 aliphatic carbocycles. The molecule has 0 atom stereocenters. The highest BCUT2D eigenvalue weighted by molar-refractivity contribution is 7.21. The summed E-state index contributed by atoms with van der Waals surface area (Å²) in [5.41, 5.74) is 3.46. The second-order valence-electron chi connectivity index (χ2n) is 10.1. The maximum Gasteiger partial charge on any atom is 0.266 e. The third-order valence-electron chi connectivity index (χ3n) is 7.84. The van der Waals surface area contributed by atoms with Crippen LogP contribution in [-0.2, 0) is 6.54 Å². The number of nitrogens with zero attached hydrogens (tertiary/aromatic N) is 2. The molecule has 2 aromatic heterocycles. The number of amides is 1. The first kappa shape index (κ1) is 28.3. The maximum absolute atomic E-state index is 14.8. The number of pyridine rings is 1. The Bertz CT molecular complexity index is 1530. The molecular formula is C31H33ClFN3O3S. The van der Waals surface area contributed by atoms with Gasteiger partial charge in [-0.1, -0.05) is 23.7 Å². The van der Waals surface area contributed by atoms with E-state index in [0.29, 0.717) is 44.2 Å². The molecular weight excluding hydrogens is 549 g/mol. The number of benzene rings is 2. The maximum atomic E-state index is 14.8. The second-order valence-corrected chi connectivity index (χ2v) is 11.5. The van der Waals surface area contributed by atoms with Gasteiger partial charge in [0, 0.05) is 41.3 Å². The van der Waals surface area contributed by atoms with Gasteiger partial charge in [-0.05, 0) is 81.1 Å². The first-order valence-corrected chi connectivity index (χ1v) is 14.6. The summed E-state index contributed by atoms with van der Waals surface area (Å²) in [6.45, 7) is 2.20. The summed E-state index contributed by atoms with van der Waals surface area (Å²) in [4.78, 5) is 20.9. The van der Waals surface area contributed by atoms with Gasteiger partial charge in [0.25, 0.3) is 5.91 Å². The Balaban J connectivity index is 1.57. The summed E-state index contributed by atoms with van der Waals surface area (Å²) in [7, 11) is 5.20. The number of ether oxygens (including phenoxy) is 2. The van der Waals surface area contributed by atoms with Crippen LogP contribution in [0.25, 0.3) is 21.2 Å². The average molecular weight is 582 g/mol. The number of halogens is 2. The highest BCUT2D eigenvalue weighted by atomic mass is 35.5. The van der Waals surface area contributed by atoms with E-state index in [4.69, 9.17) is 21.1 Å². The quantitative estimate of drug-likeness (QED) is 0.237. The van der Waals surface area contributed by atoms with Crippen LogP contribution in [-0.4, -0.2) is 49.1 Å². The minimum Gasteiger partial charge on any atom is -0.496 e. The van der Waals surface area contributed by atoms with Crippen LogP contribution in [0, 0.1) is 12.7 Å². The molecule has 6 nitrogen and oxygen atoms in total. The lowest BCUT2D eigenvalue weighted by molar-refractivity contribution is 0.0604.